The predicted octanol–water partition coefficient (Wildman–Crippen LogP) is 2.28. The van der Waals surface area contributed by atoms with Crippen LogP contribution in [-0.2, 0) is 4.79 Å². The molecule has 0 fully saturated rings. The number of halogens is 1. The van der Waals surface area contributed by atoms with Crippen molar-refractivity contribution in [3.8, 4) is 5.75 Å². The van der Waals surface area contributed by atoms with Crippen LogP contribution in [0.1, 0.15) is 37.0 Å². The van der Waals surface area contributed by atoms with Gasteiger partial charge in [-0.05, 0) is 38.1 Å². The Kier molecular flexibility index (Phi) is 9.45. The van der Waals surface area contributed by atoms with E-state index in [0.29, 0.717) is 18.7 Å². The van der Waals surface area contributed by atoms with Crippen LogP contribution in [0.4, 0.5) is 0 Å². The van der Waals surface area contributed by atoms with Crippen molar-refractivity contribution in [2.45, 2.75) is 32.7 Å². The van der Waals surface area contributed by atoms with Gasteiger partial charge in [-0.15, -0.1) is 12.4 Å². The van der Waals surface area contributed by atoms with E-state index in [1.807, 2.05) is 13.8 Å². The minimum atomic E-state index is -0.0627. The lowest BCUT2D eigenvalue weighted by atomic mass is 10.1. The number of Topliss-reactive ketones (excluding diaryl/α,β-unsaturated/α-hetero) is 1. The van der Waals surface area contributed by atoms with Gasteiger partial charge in [0.1, 0.15) is 5.75 Å². The van der Waals surface area contributed by atoms with Crippen LogP contribution in [0.15, 0.2) is 24.3 Å². The lowest BCUT2D eigenvalue weighted by Crippen LogP contribution is -2.39. The van der Waals surface area contributed by atoms with Gasteiger partial charge in [0, 0.05) is 38.0 Å². The molecule has 1 amide bonds. The normalized spacial score (nSPS) is 11.3. The van der Waals surface area contributed by atoms with Crippen LogP contribution in [-0.4, -0.2) is 42.8 Å². The minimum absolute atomic E-state index is 0. The molecule has 0 saturated carbocycles. The minimum Gasteiger partial charge on any atom is -0.494 e. The topological polar surface area (TPSA) is 72.6 Å². The van der Waals surface area contributed by atoms with E-state index in [1.54, 1.807) is 36.2 Å². The second-order valence-corrected chi connectivity index (χ2v) is 4.97. The number of benzene rings is 1. The Hall–Kier alpha value is -1.59. The third kappa shape index (κ3) is 6.03. The Morgan fingerprint density at radius 2 is 1.82 bits per heavy atom. The van der Waals surface area contributed by atoms with E-state index >= 15 is 0 Å². The molecule has 22 heavy (non-hydrogen) atoms. The number of ether oxygens (including phenoxy) is 1. The Morgan fingerprint density at radius 1 is 1.23 bits per heavy atom. The van der Waals surface area contributed by atoms with Gasteiger partial charge in [-0.1, -0.05) is 0 Å². The van der Waals surface area contributed by atoms with Crippen molar-refractivity contribution in [1.82, 2.24) is 4.90 Å². The maximum Gasteiger partial charge on any atom is 0.223 e. The molecule has 0 aliphatic rings. The summed E-state index contributed by atoms with van der Waals surface area (Å²) in [5.41, 5.74) is 6.12. The largest absolute Gasteiger partial charge is 0.494 e. The zero-order chi connectivity index (χ0) is 15.8. The summed E-state index contributed by atoms with van der Waals surface area (Å²) in [5.74, 6) is 0.633. The molecular weight excluding hydrogens is 304 g/mol. The number of carbonyl (C=O) groups excluding carboxylic acids is 2. The molecule has 0 bridgehead atoms. The lowest BCUT2D eigenvalue weighted by Gasteiger charge is -2.23. The summed E-state index contributed by atoms with van der Waals surface area (Å²) < 4.78 is 5.33. The maximum absolute atomic E-state index is 12.0. The summed E-state index contributed by atoms with van der Waals surface area (Å²) in [6.07, 6.45) is 0.404. The Balaban J connectivity index is 0.00000441. The highest BCUT2D eigenvalue weighted by molar-refractivity contribution is 5.98. The van der Waals surface area contributed by atoms with E-state index in [9.17, 15) is 9.59 Å². The molecule has 1 aromatic carbocycles. The van der Waals surface area contributed by atoms with Crippen molar-refractivity contribution in [2.24, 2.45) is 5.73 Å². The van der Waals surface area contributed by atoms with E-state index in [0.717, 1.165) is 5.75 Å². The number of likely N-dealkylation sites (N-methyl/N-ethyl adjacent to an activating group) is 1. The zero-order valence-electron chi connectivity index (χ0n) is 13.4. The van der Waals surface area contributed by atoms with Gasteiger partial charge in [0.05, 0.1) is 6.61 Å². The smallest absolute Gasteiger partial charge is 0.223 e. The van der Waals surface area contributed by atoms with Gasteiger partial charge in [0.25, 0.3) is 0 Å². The van der Waals surface area contributed by atoms with Crippen molar-refractivity contribution in [1.29, 1.82) is 0 Å². The highest BCUT2D eigenvalue weighted by atomic mass is 35.5. The molecule has 0 spiro atoms. The molecule has 1 rings (SSSR count). The fourth-order valence-electron chi connectivity index (χ4n) is 1.85. The molecule has 1 aromatic rings. The molecule has 6 heteroatoms. The molecule has 124 valence electrons. The second kappa shape index (κ2) is 10.2. The molecule has 0 saturated heterocycles. The molecular formula is C16H25ClN2O3. The van der Waals surface area contributed by atoms with Gasteiger partial charge >= 0.3 is 0 Å². The van der Waals surface area contributed by atoms with E-state index < -0.39 is 0 Å². The summed E-state index contributed by atoms with van der Waals surface area (Å²) in [5, 5.41) is 0. The third-order valence-electron chi connectivity index (χ3n) is 3.45. The summed E-state index contributed by atoms with van der Waals surface area (Å²) in [4.78, 5) is 25.5. The predicted molar refractivity (Wildman–Crippen MR) is 89.7 cm³/mol. The summed E-state index contributed by atoms with van der Waals surface area (Å²) >= 11 is 0. The fourth-order valence-corrected chi connectivity index (χ4v) is 1.85. The Labute approximate surface area is 138 Å². The van der Waals surface area contributed by atoms with Crippen molar-refractivity contribution < 1.29 is 14.3 Å². The van der Waals surface area contributed by atoms with Crippen molar-refractivity contribution in [3.05, 3.63) is 29.8 Å². The first-order valence-corrected chi connectivity index (χ1v) is 7.21. The quantitative estimate of drug-likeness (QED) is 0.743. The molecule has 5 nitrogen and oxygen atoms in total. The van der Waals surface area contributed by atoms with E-state index in [2.05, 4.69) is 0 Å². The Morgan fingerprint density at radius 3 is 2.32 bits per heavy atom. The molecule has 0 aliphatic heterocycles. The van der Waals surface area contributed by atoms with Crippen LogP contribution in [0, 0.1) is 0 Å². The molecule has 0 aliphatic carbocycles. The average Bonchev–Trinajstić information content (AvgIpc) is 2.51. The number of hydrogen-bond acceptors (Lipinski definition) is 4. The number of ketones is 1. The van der Waals surface area contributed by atoms with Gasteiger partial charge in [0.15, 0.2) is 5.78 Å². The molecule has 0 radical (unpaired) electrons. The number of amides is 1. The lowest BCUT2D eigenvalue weighted by molar-refractivity contribution is -0.131. The number of nitrogens with two attached hydrogens (primary N) is 1. The number of nitrogens with zero attached hydrogens (tertiary/aromatic N) is 1. The number of carbonyl (C=O) groups is 2. The zero-order valence-corrected chi connectivity index (χ0v) is 14.2. The monoisotopic (exact) mass is 328 g/mol. The molecule has 1 unspecified atom stereocenters. The average molecular weight is 329 g/mol. The highest BCUT2D eigenvalue weighted by Gasteiger charge is 2.16. The van der Waals surface area contributed by atoms with Crippen molar-refractivity contribution in [2.75, 3.05) is 20.2 Å². The van der Waals surface area contributed by atoms with Crippen LogP contribution in [0.3, 0.4) is 0 Å². The van der Waals surface area contributed by atoms with Gasteiger partial charge in [0.2, 0.25) is 5.91 Å². The Bertz CT molecular complexity index is 477. The number of rotatable bonds is 8. The van der Waals surface area contributed by atoms with Crippen LogP contribution >= 0.6 is 12.4 Å². The van der Waals surface area contributed by atoms with Crippen LogP contribution < -0.4 is 10.5 Å². The van der Waals surface area contributed by atoms with Crippen molar-refractivity contribution >= 4 is 24.1 Å². The molecule has 1 atom stereocenters. The van der Waals surface area contributed by atoms with Crippen LogP contribution in [0.5, 0.6) is 5.75 Å². The van der Waals surface area contributed by atoms with Gasteiger partial charge < -0.3 is 15.4 Å². The van der Waals surface area contributed by atoms with E-state index in [-0.39, 0.29) is 43.0 Å². The van der Waals surface area contributed by atoms with E-state index in [4.69, 9.17) is 10.5 Å². The first kappa shape index (κ1) is 20.4. The standard InChI is InChI=1S/C16H24N2O3.ClH/c1-4-21-14-7-5-13(6-8-14)15(19)9-10-16(20)18(3)12(2)11-17;/h5-8,12H,4,9-11,17H2,1-3H3;1H. The fraction of sp³-hybridized carbons (Fsp3) is 0.500. The SMILES string of the molecule is CCOc1ccc(C(=O)CCC(=O)N(C)C(C)CN)cc1.Cl. The third-order valence-corrected chi connectivity index (χ3v) is 3.45. The molecule has 2 N–H and O–H groups in total. The highest BCUT2D eigenvalue weighted by Crippen LogP contribution is 2.14. The first-order chi connectivity index (χ1) is 9.99. The summed E-state index contributed by atoms with van der Waals surface area (Å²) in [6, 6.07) is 6.97. The van der Waals surface area contributed by atoms with Gasteiger partial charge in [-0.2, -0.15) is 0 Å². The maximum atomic E-state index is 12.0. The van der Waals surface area contributed by atoms with Crippen LogP contribution in [0.2, 0.25) is 0 Å². The number of hydrogen-bond donors (Lipinski definition) is 1. The summed E-state index contributed by atoms with van der Waals surface area (Å²) in [6.45, 7) is 4.79. The second-order valence-electron chi connectivity index (χ2n) is 4.97. The molecule has 0 heterocycles. The van der Waals surface area contributed by atoms with Gasteiger partial charge in [-0.25, -0.2) is 0 Å². The first-order valence-electron chi connectivity index (χ1n) is 7.21. The summed E-state index contributed by atoms with van der Waals surface area (Å²) in [7, 11) is 1.71. The van der Waals surface area contributed by atoms with E-state index in [1.165, 1.54) is 0 Å². The van der Waals surface area contributed by atoms with Crippen LogP contribution in [0.25, 0.3) is 0 Å². The van der Waals surface area contributed by atoms with Crippen molar-refractivity contribution in [3.63, 3.8) is 0 Å². The molecule has 0 aromatic heterocycles. The van der Waals surface area contributed by atoms with Gasteiger partial charge in [-0.3, -0.25) is 9.59 Å².